The molecule has 0 spiro atoms. The highest BCUT2D eigenvalue weighted by Gasteiger charge is 2.30. The standard InChI is InChI=1S/C18H23N3O3/c1-13-10-15(20-24-13)12-19-18(23)21-9-5-8-16(21)11-17(22)14-6-3-2-4-7-14/h2-4,6-7,10,16-17,22H,5,8-9,11-12H2,1H3,(H,19,23)/t16-,17+/m1/s1. The van der Waals surface area contributed by atoms with Gasteiger partial charge in [-0.05, 0) is 31.7 Å². The van der Waals surface area contributed by atoms with E-state index in [1.807, 2.05) is 42.2 Å². The lowest BCUT2D eigenvalue weighted by molar-refractivity contribution is 0.126. The molecule has 24 heavy (non-hydrogen) atoms. The van der Waals surface area contributed by atoms with Crippen LogP contribution < -0.4 is 5.32 Å². The summed E-state index contributed by atoms with van der Waals surface area (Å²) in [5.41, 5.74) is 1.60. The van der Waals surface area contributed by atoms with Crippen molar-refractivity contribution >= 4 is 6.03 Å². The predicted molar refractivity (Wildman–Crippen MR) is 89.2 cm³/mol. The maximum Gasteiger partial charge on any atom is 0.317 e. The van der Waals surface area contributed by atoms with Crippen molar-refractivity contribution in [2.24, 2.45) is 0 Å². The average molecular weight is 329 g/mol. The van der Waals surface area contributed by atoms with E-state index < -0.39 is 6.10 Å². The Hall–Kier alpha value is -2.34. The molecule has 128 valence electrons. The van der Waals surface area contributed by atoms with E-state index >= 15 is 0 Å². The molecule has 0 radical (unpaired) electrons. The van der Waals surface area contributed by atoms with Gasteiger partial charge in [-0.3, -0.25) is 0 Å². The first-order valence-corrected chi connectivity index (χ1v) is 8.33. The molecule has 0 bridgehead atoms. The fourth-order valence-electron chi connectivity index (χ4n) is 3.19. The zero-order valence-corrected chi connectivity index (χ0v) is 13.8. The molecule has 2 heterocycles. The van der Waals surface area contributed by atoms with E-state index in [1.165, 1.54) is 0 Å². The van der Waals surface area contributed by atoms with Crippen LogP contribution in [0.5, 0.6) is 0 Å². The number of hydrogen-bond acceptors (Lipinski definition) is 4. The summed E-state index contributed by atoms with van der Waals surface area (Å²) in [5.74, 6) is 0.726. The molecule has 3 rings (SSSR count). The molecule has 2 N–H and O–H groups in total. The normalized spacial score (nSPS) is 18.6. The van der Waals surface area contributed by atoms with Crippen LogP contribution in [0.4, 0.5) is 4.79 Å². The number of benzene rings is 1. The first-order chi connectivity index (χ1) is 11.6. The molecular formula is C18H23N3O3. The number of nitrogens with zero attached hydrogens (tertiary/aromatic N) is 2. The maximum atomic E-state index is 12.4. The third-order valence-corrected chi connectivity index (χ3v) is 4.42. The lowest BCUT2D eigenvalue weighted by Crippen LogP contribution is -2.43. The zero-order chi connectivity index (χ0) is 16.9. The van der Waals surface area contributed by atoms with Crippen LogP contribution in [-0.2, 0) is 6.54 Å². The van der Waals surface area contributed by atoms with Gasteiger partial charge >= 0.3 is 6.03 Å². The van der Waals surface area contributed by atoms with Gasteiger partial charge in [0, 0.05) is 18.7 Å². The van der Waals surface area contributed by atoms with Gasteiger partial charge in [0.2, 0.25) is 0 Å². The lowest BCUT2D eigenvalue weighted by Gasteiger charge is -2.26. The van der Waals surface area contributed by atoms with Crippen LogP contribution in [0.2, 0.25) is 0 Å². The largest absolute Gasteiger partial charge is 0.388 e. The first-order valence-electron chi connectivity index (χ1n) is 8.33. The van der Waals surface area contributed by atoms with Crippen LogP contribution >= 0.6 is 0 Å². The zero-order valence-electron chi connectivity index (χ0n) is 13.8. The van der Waals surface area contributed by atoms with Crippen molar-refractivity contribution in [1.82, 2.24) is 15.4 Å². The molecule has 6 nitrogen and oxygen atoms in total. The summed E-state index contributed by atoms with van der Waals surface area (Å²) < 4.78 is 5.00. The molecule has 0 saturated carbocycles. The van der Waals surface area contributed by atoms with Crippen LogP contribution in [0.1, 0.15) is 42.4 Å². The van der Waals surface area contributed by atoms with E-state index in [0.717, 1.165) is 30.7 Å². The molecule has 1 aliphatic rings. The number of amides is 2. The van der Waals surface area contributed by atoms with E-state index in [2.05, 4.69) is 10.5 Å². The summed E-state index contributed by atoms with van der Waals surface area (Å²) >= 11 is 0. The second-order valence-electron chi connectivity index (χ2n) is 6.24. The van der Waals surface area contributed by atoms with E-state index in [4.69, 9.17) is 4.52 Å². The maximum absolute atomic E-state index is 12.4. The lowest BCUT2D eigenvalue weighted by atomic mass is 10.0. The minimum atomic E-state index is -0.553. The number of aliphatic hydroxyl groups excluding tert-OH is 1. The second-order valence-corrected chi connectivity index (χ2v) is 6.24. The molecule has 6 heteroatoms. The van der Waals surface area contributed by atoms with Crippen LogP contribution in [0, 0.1) is 6.92 Å². The van der Waals surface area contributed by atoms with Gasteiger partial charge in [-0.25, -0.2) is 4.79 Å². The van der Waals surface area contributed by atoms with Crippen molar-refractivity contribution in [2.75, 3.05) is 6.54 Å². The van der Waals surface area contributed by atoms with Crippen LogP contribution in [0.25, 0.3) is 0 Å². The van der Waals surface area contributed by atoms with Crippen molar-refractivity contribution < 1.29 is 14.4 Å². The molecule has 1 aromatic carbocycles. The fraction of sp³-hybridized carbons (Fsp3) is 0.444. The number of aromatic nitrogens is 1. The molecule has 1 aliphatic heterocycles. The predicted octanol–water partition coefficient (Wildman–Crippen LogP) is 2.78. The topological polar surface area (TPSA) is 78.6 Å². The Balaban J connectivity index is 1.55. The number of aliphatic hydroxyl groups is 1. The van der Waals surface area contributed by atoms with Crippen LogP contribution in [0.15, 0.2) is 40.9 Å². The smallest absolute Gasteiger partial charge is 0.317 e. The quantitative estimate of drug-likeness (QED) is 0.884. The minimum absolute atomic E-state index is 0.0549. The van der Waals surface area contributed by atoms with Gasteiger partial charge in [-0.2, -0.15) is 0 Å². The molecule has 1 saturated heterocycles. The number of urea groups is 1. The number of carbonyl (C=O) groups is 1. The van der Waals surface area contributed by atoms with Gasteiger partial charge in [0.1, 0.15) is 11.5 Å². The van der Waals surface area contributed by atoms with Gasteiger partial charge < -0.3 is 19.8 Å². The monoisotopic (exact) mass is 329 g/mol. The number of carbonyl (C=O) groups excluding carboxylic acids is 1. The molecule has 1 aromatic heterocycles. The highest BCUT2D eigenvalue weighted by atomic mass is 16.5. The number of aryl methyl sites for hydroxylation is 1. The molecule has 2 aromatic rings. The number of likely N-dealkylation sites (tertiary alicyclic amines) is 1. The van der Waals surface area contributed by atoms with Crippen molar-refractivity contribution in [1.29, 1.82) is 0 Å². The average Bonchev–Trinajstić information content (AvgIpc) is 3.22. The molecule has 2 amide bonds. The number of hydrogen-bond donors (Lipinski definition) is 2. The Morgan fingerprint density at radius 2 is 2.25 bits per heavy atom. The Morgan fingerprint density at radius 3 is 2.96 bits per heavy atom. The summed E-state index contributed by atoms with van der Waals surface area (Å²) in [6.45, 7) is 2.89. The van der Waals surface area contributed by atoms with Crippen molar-refractivity contribution in [3.05, 3.63) is 53.4 Å². The van der Waals surface area contributed by atoms with Gasteiger partial charge in [0.15, 0.2) is 0 Å². The third-order valence-electron chi connectivity index (χ3n) is 4.42. The van der Waals surface area contributed by atoms with E-state index in [-0.39, 0.29) is 12.1 Å². The molecule has 0 unspecified atom stereocenters. The molecule has 2 atom stereocenters. The third kappa shape index (κ3) is 3.94. The van der Waals surface area contributed by atoms with Crippen molar-refractivity contribution in [3.63, 3.8) is 0 Å². The van der Waals surface area contributed by atoms with Crippen molar-refractivity contribution in [2.45, 2.75) is 44.9 Å². The summed E-state index contributed by atoms with van der Waals surface area (Å²) in [6.07, 6.45) is 1.88. The van der Waals surface area contributed by atoms with Gasteiger partial charge in [0.05, 0.1) is 12.6 Å². The number of rotatable bonds is 5. The van der Waals surface area contributed by atoms with E-state index in [9.17, 15) is 9.90 Å². The van der Waals surface area contributed by atoms with Crippen LogP contribution in [0.3, 0.4) is 0 Å². The SMILES string of the molecule is Cc1cc(CNC(=O)N2CCC[C@@H]2C[C@H](O)c2ccccc2)no1. The van der Waals surface area contributed by atoms with Gasteiger partial charge in [0.25, 0.3) is 0 Å². The Bertz CT molecular complexity index is 671. The minimum Gasteiger partial charge on any atom is -0.388 e. The Morgan fingerprint density at radius 1 is 1.46 bits per heavy atom. The molecule has 1 fully saturated rings. The second kappa shape index (κ2) is 7.49. The Kier molecular flexibility index (Phi) is 5.15. The van der Waals surface area contributed by atoms with Crippen molar-refractivity contribution in [3.8, 4) is 0 Å². The van der Waals surface area contributed by atoms with Gasteiger partial charge in [-0.15, -0.1) is 0 Å². The van der Waals surface area contributed by atoms with E-state index in [0.29, 0.717) is 18.7 Å². The van der Waals surface area contributed by atoms with Gasteiger partial charge in [-0.1, -0.05) is 35.5 Å². The van der Waals surface area contributed by atoms with E-state index in [1.54, 1.807) is 6.07 Å². The fourth-order valence-corrected chi connectivity index (χ4v) is 3.19. The molecular weight excluding hydrogens is 306 g/mol. The summed E-state index contributed by atoms with van der Waals surface area (Å²) in [5, 5.41) is 17.2. The summed E-state index contributed by atoms with van der Waals surface area (Å²) in [7, 11) is 0. The first kappa shape index (κ1) is 16.5. The summed E-state index contributed by atoms with van der Waals surface area (Å²) in [6, 6.07) is 11.3. The number of nitrogens with one attached hydrogen (secondary N) is 1. The highest BCUT2D eigenvalue weighted by Crippen LogP contribution is 2.27. The molecule has 0 aliphatic carbocycles. The highest BCUT2D eigenvalue weighted by molar-refractivity contribution is 5.74. The van der Waals surface area contributed by atoms with Crippen LogP contribution in [-0.4, -0.2) is 33.8 Å². The Labute approximate surface area is 141 Å². The summed E-state index contributed by atoms with van der Waals surface area (Å²) in [4.78, 5) is 14.2.